The lowest BCUT2D eigenvalue weighted by molar-refractivity contribution is -0.384. The summed E-state index contributed by atoms with van der Waals surface area (Å²) in [7, 11) is -3.75. The quantitative estimate of drug-likeness (QED) is 0.400. The summed E-state index contributed by atoms with van der Waals surface area (Å²) in [5.41, 5.74) is 0.306. The number of nitro benzene ring substituents is 1. The minimum atomic E-state index is -3.75. The third kappa shape index (κ3) is 5.16. The molecule has 3 rings (SSSR count). The molecular weight excluding hydrogens is 432 g/mol. The molecule has 2 aromatic rings. The number of morpholine rings is 1. The van der Waals surface area contributed by atoms with Crippen molar-refractivity contribution in [2.75, 3.05) is 31.6 Å². The third-order valence-corrected chi connectivity index (χ3v) is 6.34. The van der Waals surface area contributed by atoms with Crippen LogP contribution in [0.25, 0.3) is 0 Å². The van der Waals surface area contributed by atoms with Gasteiger partial charge < -0.3 is 10.1 Å². The van der Waals surface area contributed by atoms with Crippen LogP contribution >= 0.6 is 12.2 Å². The first-order chi connectivity index (χ1) is 14.3. The molecule has 0 atom stereocenters. The smallest absolute Gasteiger partial charge is 0.271 e. The van der Waals surface area contributed by atoms with Crippen LogP contribution in [-0.2, 0) is 14.8 Å². The van der Waals surface area contributed by atoms with Gasteiger partial charge in [0, 0.05) is 36.5 Å². The van der Waals surface area contributed by atoms with Crippen molar-refractivity contribution in [1.82, 2.24) is 9.62 Å². The molecule has 0 saturated carbocycles. The van der Waals surface area contributed by atoms with Crippen molar-refractivity contribution in [3.63, 3.8) is 0 Å². The van der Waals surface area contributed by atoms with Crippen molar-refractivity contribution in [2.24, 2.45) is 0 Å². The van der Waals surface area contributed by atoms with E-state index in [0.717, 1.165) is 0 Å². The van der Waals surface area contributed by atoms with Crippen LogP contribution < -0.4 is 10.6 Å². The van der Waals surface area contributed by atoms with Gasteiger partial charge in [-0.25, -0.2) is 8.42 Å². The van der Waals surface area contributed by atoms with Crippen molar-refractivity contribution in [3.8, 4) is 0 Å². The van der Waals surface area contributed by atoms with E-state index in [0.29, 0.717) is 18.9 Å². The van der Waals surface area contributed by atoms with Gasteiger partial charge in [-0.05, 0) is 36.5 Å². The largest absolute Gasteiger partial charge is 0.379 e. The average molecular weight is 450 g/mol. The van der Waals surface area contributed by atoms with Crippen molar-refractivity contribution >= 4 is 44.6 Å². The maximum atomic E-state index is 12.8. The number of amides is 1. The molecule has 0 bridgehead atoms. The molecule has 0 unspecified atom stereocenters. The van der Waals surface area contributed by atoms with Crippen LogP contribution in [0, 0.1) is 10.1 Å². The molecule has 1 amide bonds. The highest BCUT2D eigenvalue weighted by Crippen LogP contribution is 2.19. The molecule has 12 heteroatoms. The SMILES string of the molecule is O=C(NC(=S)Nc1cccc([N+](=O)[O-])c1)c1cccc(S(=O)(=O)N2CCOCC2)c1. The number of benzene rings is 2. The number of hydrogen-bond acceptors (Lipinski definition) is 7. The summed E-state index contributed by atoms with van der Waals surface area (Å²) in [4.78, 5) is 22.8. The van der Waals surface area contributed by atoms with Crippen LogP contribution in [0.3, 0.4) is 0 Å². The summed E-state index contributed by atoms with van der Waals surface area (Å²) < 4.78 is 32.0. The second-order valence-electron chi connectivity index (χ2n) is 6.26. The van der Waals surface area contributed by atoms with E-state index in [1.165, 1.54) is 46.8 Å². The van der Waals surface area contributed by atoms with E-state index in [-0.39, 0.29) is 34.3 Å². The number of non-ortho nitro benzene ring substituents is 1. The standard InChI is InChI=1S/C18H18N4O6S2/c23-17(20-18(29)19-14-4-2-5-15(12-14)22(24)25)13-3-1-6-16(11-13)30(26,27)21-7-9-28-10-8-21/h1-6,11-12H,7-10H2,(H2,19,20,23,29). The lowest BCUT2D eigenvalue weighted by Crippen LogP contribution is -2.40. The van der Waals surface area contributed by atoms with Crippen molar-refractivity contribution in [2.45, 2.75) is 4.90 Å². The van der Waals surface area contributed by atoms with Gasteiger partial charge in [0.05, 0.1) is 23.0 Å². The molecule has 2 N–H and O–H groups in total. The zero-order chi connectivity index (χ0) is 21.7. The van der Waals surface area contributed by atoms with Crippen molar-refractivity contribution in [3.05, 3.63) is 64.2 Å². The maximum Gasteiger partial charge on any atom is 0.271 e. The fourth-order valence-corrected chi connectivity index (χ4v) is 4.43. The second-order valence-corrected chi connectivity index (χ2v) is 8.61. The number of carbonyl (C=O) groups excluding carboxylic acids is 1. The fraction of sp³-hybridized carbons (Fsp3) is 0.222. The lowest BCUT2D eigenvalue weighted by Gasteiger charge is -2.26. The Kier molecular flexibility index (Phi) is 6.72. The number of anilines is 1. The number of sulfonamides is 1. The minimum Gasteiger partial charge on any atom is -0.379 e. The summed E-state index contributed by atoms with van der Waals surface area (Å²) in [6, 6.07) is 11.3. The highest BCUT2D eigenvalue weighted by molar-refractivity contribution is 7.89. The van der Waals surface area contributed by atoms with Gasteiger partial charge >= 0.3 is 0 Å². The zero-order valence-electron chi connectivity index (χ0n) is 15.6. The number of rotatable bonds is 5. The summed E-state index contributed by atoms with van der Waals surface area (Å²) in [5, 5.41) is 15.9. The van der Waals surface area contributed by atoms with E-state index in [2.05, 4.69) is 10.6 Å². The topological polar surface area (TPSA) is 131 Å². The molecule has 1 heterocycles. The van der Waals surface area contributed by atoms with Crippen LogP contribution in [0.2, 0.25) is 0 Å². The molecule has 30 heavy (non-hydrogen) atoms. The highest BCUT2D eigenvalue weighted by atomic mass is 32.2. The Balaban J connectivity index is 1.70. The predicted molar refractivity (Wildman–Crippen MR) is 113 cm³/mol. The minimum absolute atomic E-state index is 0.00499. The number of nitro groups is 1. The van der Waals surface area contributed by atoms with E-state index in [1.54, 1.807) is 6.07 Å². The number of nitrogens with zero attached hydrogens (tertiary/aromatic N) is 2. The Bertz CT molecular complexity index is 1080. The number of thiocarbonyl (C=S) groups is 1. The Hall–Kier alpha value is -2.93. The molecule has 2 aromatic carbocycles. The highest BCUT2D eigenvalue weighted by Gasteiger charge is 2.27. The van der Waals surface area contributed by atoms with Crippen molar-refractivity contribution < 1.29 is 22.9 Å². The Labute approximate surface area is 178 Å². The van der Waals surface area contributed by atoms with Gasteiger partial charge in [-0.15, -0.1) is 0 Å². The lowest BCUT2D eigenvalue weighted by atomic mass is 10.2. The predicted octanol–water partition coefficient (Wildman–Crippen LogP) is 1.74. The Morgan fingerprint density at radius 3 is 2.53 bits per heavy atom. The molecule has 1 aliphatic rings. The molecule has 0 spiro atoms. The van der Waals surface area contributed by atoms with Crippen LogP contribution in [-0.4, -0.2) is 55.0 Å². The van der Waals surface area contributed by atoms with Gasteiger partial charge in [0.2, 0.25) is 10.0 Å². The first-order valence-electron chi connectivity index (χ1n) is 8.82. The molecule has 10 nitrogen and oxygen atoms in total. The van der Waals surface area contributed by atoms with Crippen LogP contribution in [0.4, 0.5) is 11.4 Å². The molecule has 1 aliphatic heterocycles. The second kappa shape index (κ2) is 9.26. The summed E-state index contributed by atoms with van der Waals surface area (Å²) in [6.45, 7) is 1.12. The molecule has 1 fully saturated rings. The normalized spacial score (nSPS) is 14.7. The number of hydrogen-bond donors (Lipinski definition) is 2. The Morgan fingerprint density at radius 2 is 1.83 bits per heavy atom. The number of nitrogens with one attached hydrogen (secondary N) is 2. The molecule has 0 radical (unpaired) electrons. The first-order valence-corrected chi connectivity index (χ1v) is 10.7. The summed E-state index contributed by atoms with van der Waals surface area (Å²) >= 11 is 5.08. The van der Waals surface area contributed by atoms with Crippen LogP contribution in [0.5, 0.6) is 0 Å². The Morgan fingerprint density at radius 1 is 1.13 bits per heavy atom. The maximum absolute atomic E-state index is 12.8. The molecule has 1 saturated heterocycles. The van der Waals surface area contributed by atoms with E-state index in [1.807, 2.05) is 0 Å². The number of carbonyl (C=O) groups is 1. The van der Waals surface area contributed by atoms with Gasteiger partial charge in [0.1, 0.15) is 0 Å². The van der Waals surface area contributed by atoms with E-state index >= 15 is 0 Å². The summed E-state index contributed by atoms with van der Waals surface area (Å²) in [6.07, 6.45) is 0. The van der Waals surface area contributed by atoms with E-state index < -0.39 is 20.9 Å². The molecule has 158 valence electrons. The van der Waals surface area contributed by atoms with Crippen molar-refractivity contribution in [1.29, 1.82) is 0 Å². The zero-order valence-corrected chi connectivity index (χ0v) is 17.2. The number of ether oxygens (including phenoxy) is 1. The first kappa shape index (κ1) is 21.8. The third-order valence-electron chi connectivity index (χ3n) is 4.25. The monoisotopic (exact) mass is 450 g/mol. The van der Waals surface area contributed by atoms with Crippen LogP contribution in [0.1, 0.15) is 10.4 Å². The van der Waals surface area contributed by atoms with E-state index in [4.69, 9.17) is 17.0 Å². The van der Waals surface area contributed by atoms with Gasteiger partial charge in [-0.1, -0.05) is 12.1 Å². The molecule has 0 aromatic heterocycles. The fourth-order valence-electron chi connectivity index (χ4n) is 2.77. The molecular formula is C18H18N4O6S2. The van der Waals surface area contributed by atoms with Gasteiger partial charge in [0.15, 0.2) is 5.11 Å². The van der Waals surface area contributed by atoms with E-state index in [9.17, 15) is 23.3 Å². The summed E-state index contributed by atoms with van der Waals surface area (Å²) in [5.74, 6) is -0.614. The van der Waals surface area contributed by atoms with Crippen LogP contribution in [0.15, 0.2) is 53.4 Å². The average Bonchev–Trinajstić information content (AvgIpc) is 2.74. The molecule has 0 aliphatic carbocycles. The van der Waals surface area contributed by atoms with Gasteiger partial charge in [0.25, 0.3) is 11.6 Å². The van der Waals surface area contributed by atoms with Gasteiger partial charge in [-0.2, -0.15) is 4.31 Å². The van der Waals surface area contributed by atoms with Gasteiger partial charge in [-0.3, -0.25) is 20.2 Å².